The minimum atomic E-state index is -4.44. The van der Waals surface area contributed by atoms with E-state index in [1.807, 2.05) is 31.0 Å². The van der Waals surface area contributed by atoms with Gasteiger partial charge in [-0.15, -0.1) is 11.3 Å². The third-order valence-corrected chi connectivity index (χ3v) is 14.4. The summed E-state index contributed by atoms with van der Waals surface area (Å²) < 4.78 is 42.4. The number of pyridine rings is 1. The molecule has 0 spiro atoms. The van der Waals surface area contributed by atoms with Crippen LogP contribution in [0.2, 0.25) is 0 Å². The Kier molecular flexibility index (Phi) is 12.1. The summed E-state index contributed by atoms with van der Waals surface area (Å²) >= 11 is 1.19. The number of nitrogens with zero attached hydrogens (tertiary/aromatic N) is 3. The second-order valence-electron chi connectivity index (χ2n) is 15.5. The van der Waals surface area contributed by atoms with Crippen LogP contribution in [0.4, 0.5) is 4.39 Å². The van der Waals surface area contributed by atoms with Crippen LogP contribution in [0.3, 0.4) is 0 Å². The molecule has 15 heteroatoms. The summed E-state index contributed by atoms with van der Waals surface area (Å²) in [4.78, 5) is 62.6. The number of ether oxygens (including phenoxy) is 1. The van der Waals surface area contributed by atoms with Crippen LogP contribution in [0.25, 0.3) is 10.1 Å². The first kappa shape index (κ1) is 40.5. The lowest BCUT2D eigenvalue weighted by Crippen LogP contribution is -2.58. The zero-order valence-corrected chi connectivity index (χ0v) is 34.3. The van der Waals surface area contributed by atoms with Crippen molar-refractivity contribution in [2.24, 2.45) is 5.92 Å². The molecule has 0 unspecified atom stereocenters. The Morgan fingerprint density at radius 2 is 1.84 bits per heavy atom. The second-order valence-corrected chi connectivity index (χ2v) is 18.7. The lowest BCUT2D eigenvalue weighted by molar-refractivity contribution is -0.148. The van der Waals surface area contributed by atoms with Crippen LogP contribution in [-0.2, 0) is 23.7 Å². The number of amides is 3. The van der Waals surface area contributed by atoms with Gasteiger partial charge in [-0.2, -0.15) is 0 Å². The van der Waals surface area contributed by atoms with Gasteiger partial charge in [-0.25, -0.2) is 9.48 Å². The molecule has 3 aliphatic heterocycles. The number of hydrogen-bond acceptors (Lipinski definition) is 9. The van der Waals surface area contributed by atoms with Gasteiger partial charge in [-0.1, -0.05) is 38.1 Å². The molecular formula is C42H49FN5O7PS. The lowest BCUT2D eigenvalue weighted by atomic mass is 9.89. The Bertz CT molecular complexity index is 2180. The van der Waals surface area contributed by atoms with E-state index in [4.69, 9.17) is 9.26 Å². The Morgan fingerprint density at radius 1 is 1.07 bits per heavy atom. The number of rotatable bonds is 13. The number of benzene rings is 2. The average Bonchev–Trinajstić information content (AvgIpc) is 3.78. The van der Waals surface area contributed by atoms with Crippen molar-refractivity contribution in [3.8, 4) is 5.75 Å². The zero-order chi connectivity index (χ0) is 40.4. The fourth-order valence-electron chi connectivity index (χ4n) is 8.20. The maximum absolute atomic E-state index is 16.5. The summed E-state index contributed by atoms with van der Waals surface area (Å²) in [7, 11) is -4.44. The highest BCUT2D eigenvalue weighted by atomic mass is 32.1. The number of aryl methyl sites for hydroxylation is 1. The van der Waals surface area contributed by atoms with E-state index in [0.717, 1.165) is 24.0 Å². The van der Waals surface area contributed by atoms with Gasteiger partial charge in [0.25, 0.3) is 5.91 Å². The van der Waals surface area contributed by atoms with E-state index in [2.05, 4.69) is 22.3 Å². The molecule has 5 heterocycles. The SMILES string of the molecule is CCCOC(=O)[C@H](C)N[P@](=O)(Oc1ccccc1)[C@@H](F)c1ccc2sc(C(=O)N[C@H]3C[C@@H](C)C[C@H]4CC[C@@H](C(=O)N5CC(c6cnccc6C)C5)N4C3=O)cc2c1. The molecule has 57 heavy (non-hydrogen) atoms. The minimum absolute atomic E-state index is 0.0285. The molecule has 2 N–H and O–H groups in total. The van der Waals surface area contributed by atoms with Gasteiger partial charge in [0.2, 0.25) is 17.7 Å². The minimum Gasteiger partial charge on any atom is -0.465 e. The van der Waals surface area contributed by atoms with E-state index in [0.29, 0.717) is 47.3 Å². The van der Waals surface area contributed by atoms with E-state index in [1.165, 1.54) is 30.4 Å². The third-order valence-electron chi connectivity index (χ3n) is 11.2. The van der Waals surface area contributed by atoms with Crippen LogP contribution in [0, 0.1) is 12.8 Å². The molecule has 12 nitrogen and oxygen atoms in total. The van der Waals surface area contributed by atoms with Crippen molar-refractivity contribution in [2.45, 2.75) is 95.8 Å². The van der Waals surface area contributed by atoms with Gasteiger partial charge in [0.1, 0.15) is 23.9 Å². The summed E-state index contributed by atoms with van der Waals surface area (Å²) in [6.45, 7) is 8.73. The number of carbonyl (C=O) groups excluding carboxylic acids is 4. The van der Waals surface area contributed by atoms with Crippen LogP contribution < -0.4 is 14.9 Å². The topological polar surface area (TPSA) is 147 Å². The first-order valence-corrected chi connectivity index (χ1v) is 22.1. The average molecular weight is 818 g/mol. The fraction of sp³-hybridized carbons (Fsp3) is 0.452. The lowest BCUT2D eigenvalue weighted by Gasteiger charge is -2.43. The Labute approximate surface area is 336 Å². The summed E-state index contributed by atoms with van der Waals surface area (Å²) in [5.41, 5.74) is 2.31. The number of aromatic nitrogens is 1. The highest BCUT2D eigenvalue weighted by molar-refractivity contribution is 7.57. The Balaban J connectivity index is 1.05. The molecule has 0 bridgehead atoms. The zero-order valence-electron chi connectivity index (χ0n) is 32.6. The fourth-order valence-corrected chi connectivity index (χ4v) is 11.1. The van der Waals surface area contributed by atoms with Gasteiger partial charge in [0, 0.05) is 42.1 Å². The number of para-hydroxylation sites is 1. The van der Waals surface area contributed by atoms with Crippen LogP contribution in [0.15, 0.2) is 73.1 Å². The van der Waals surface area contributed by atoms with Crippen molar-refractivity contribution < 1.29 is 37.4 Å². The van der Waals surface area contributed by atoms with Crippen molar-refractivity contribution in [3.63, 3.8) is 0 Å². The van der Waals surface area contributed by atoms with Crippen LogP contribution in [0.1, 0.15) is 91.1 Å². The number of halogens is 1. The summed E-state index contributed by atoms with van der Waals surface area (Å²) in [5.74, 6) is -3.10. The maximum Gasteiger partial charge on any atom is 0.355 e. The number of carbonyl (C=O) groups is 4. The highest BCUT2D eigenvalue weighted by Crippen LogP contribution is 2.58. The predicted octanol–water partition coefficient (Wildman–Crippen LogP) is 7.29. The van der Waals surface area contributed by atoms with Gasteiger partial charge >= 0.3 is 13.5 Å². The highest BCUT2D eigenvalue weighted by Gasteiger charge is 2.49. The predicted molar refractivity (Wildman–Crippen MR) is 216 cm³/mol. The quantitative estimate of drug-likeness (QED) is 0.105. The molecule has 0 aliphatic carbocycles. The van der Waals surface area contributed by atoms with E-state index in [1.54, 1.807) is 53.6 Å². The van der Waals surface area contributed by atoms with Gasteiger partial charge in [0.15, 0.2) is 0 Å². The molecule has 4 aromatic rings. The number of likely N-dealkylation sites (tertiary alicyclic amines) is 1. The Hall–Kier alpha value is -4.65. The number of hydrogen-bond donors (Lipinski definition) is 2. The standard InChI is InChI=1S/C42H49FN5O7PS/c1-5-17-54-42(52)27(4)46-56(53,55-32-9-7-6-8-10-32)38(43)28-11-14-36-29(20-28)21-37(57-36)39(49)45-34-19-25(2)18-31-12-13-35(48(31)40(34)50)41(51)47-23-30(24-47)33-22-44-16-15-26(33)3/h6-11,14-16,20-22,25,27,30-31,34-35,38H,5,12-13,17-19,23-24H2,1-4H3,(H,45,49)(H,46,53)/t25-,27-,31+,34-,35-,38+,56+/m0/s1. The summed E-state index contributed by atoms with van der Waals surface area (Å²) in [5, 5.41) is 6.09. The summed E-state index contributed by atoms with van der Waals surface area (Å²) in [6, 6.07) is 13.8. The van der Waals surface area contributed by atoms with Crippen molar-refractivity contribution in [1.29, 1.82) is 0 Å². The molecule has 3 fully saturated rings. The largest absolute Gasteiger partial charge is 0.465 e. The van der Waals surface area contributed by atoms with Gasteiger partial charge in [0.05, 0.1) is 11.5 Å². The molecule has 7 atom stereocenters. The number of thiophene rings is 1. The molecular weight excluding hydrogens is 769 g/mol. The van der Waals surface area contributed by atoms with Crippen LogP contribution in [0.5, 0.6) is 5.75 Å². The molecule has 7 rings (SSSR count). The van der Waals surface area contributed by atoms with E-state index < -0.39 is 43.4 Å². The van der Waals surface area contributed by atoms with Gasteiger partial charge in [-0.05, 0) is 110 Å². The van der Waals surface area contributed by atoms with Gasteiger partial charge < -0.3 is 24.4 Å². The smallest absolute Gasteiger partial charge is 0.355 e. The van der Waals surface area contributed by atoms with Crippen LogP contribution >= 0.6 is 18.9 Å². The number of alkyl halides is 1. The van der Waals surface area contributed by atoms with E-state index in [-0.39, 0.29) is 47.6 Å². The molecule has 0 radical (unpaired) electrons. The number of esters is 1. The van der Waals surface area contributed by atoms with Crippen molar-refractivity contribution in [3.05, 3.63) is 94.6 Å². The normalized spacial score (nSPS) is 23.1. The van der Waals surface area contributed by atoms with E-state index >= 15 is 4.39 Å². The number of fused-ring (bicyclic) bond motifs is 2. The third kappa shape index (κ3) is 8.63. The molecule has 3 saturated heterocycles. The maximum atomic E-state index is 16.5. The molecule has 2 aromatic heterocycles. The van der Waals surface area contributed by atoms with Crippen LogP contribution in [-0.4, -0.2) is 82.3 Å². The summed E-state index contributed by atoms with van der Waals surface area (Å²) in [6.07, 6.45) is 6.74. The first-order valence-electron chi connectivity index (χ1n) is 19.6. The molecule has 3 amide bonds. The van der Waals surface area contributed by atoms with Crippen molar-refractivity contribution in [1.82, 2.24) is 25.2 Å². The van der Waals surface area contributed by atoms with Crippen molar-refractivity contribution >= 4 is 52.6 Å². The second kappa shape index (κ2) is 17.1. The molecule has 3 aliphatic rings. The first-order chi connectivity index (χ1) is 27.3. The van der Waals surface area contributed by atoms with Crippen molar-refractivity contribution in [2.75, 3.05) is 19.7 Å². The molecule has 302 valence electrons. The van der Waals surface area contributed by atoms with Gasteiger partial charge in [-0.3, -0.25) is 28.7 Å². The number of nitrogens with one attached hydrogen (secondary N) is 2. The van der Waals surface area contributed by atoms with E-state index in [9.17, 15) is 23.7 Å². The molecule has 0 saturated carbocycles. The molecule has 2 aromatic carbocycles. The monoisotopic (exact) mass is 817 g/mol. The Morgan fingerprint density at radius 3 is 2.58 bits per heavy atom.